The normalized spacial score (nSPS) is 19.5. The van der Waals surface area contributed by atoms with Gasteiger partial charge in [-0.2, -0.15) is 0 Å². The van der Waals surface area contributed by atoms with Crippen molar-refractivity contribution >= 4 is 11.9 Å². The summed E-state index contributed by atoms with van der Waals surface area (Å²) in [4.78, 5) is 31.6. The number of hydrogen-bond acceptors (Lipinski definition) is 5. The first-order valence-electron chi connectivity index (χ1n) is 8.74. The summed E-state index contributed by atoms with van der Waals surface area (Å²) in [6, 6.07) is 9.85. The second-order valence-electron chi connectivity index (χ2n) is 7.25. The molecule has 1 aromatic heterocycles. The minimum atomic E-state index is -1.01. The Kier molecular flexibility index (Phi) is 5.25. The molecule has 27 heavy (non-hydrogen) atoms. The van der Waals surface area contributed by atoms with Gasteiger partial charge in [-0.05, 0) is 44.8 Å². The second kappa shape index (κ2) is 7.46. The number of hydrogen-bond donors (Lipinski definition) is 2. The summed E-state index contributed by atoms with van der Waals surface area (Å²) in [6.45, 7) is 1.35. The Hall–Kier alpha value is -2.77. The van der Waals surface area contributed by atoms with Gasteiger partial charge in [0.15, 0.2) is 0 Å². The van der Waals surface area contributed by atoms with Crippen molar-refractivity contribution in [2.75, 3.05) is 33.7 Å². The summed E-state index contributed by atoms with van der Waals surface area (Å²) < 4.78 is 0. The maximum atomic E-state index is 12.7. The number of carbonyl (C=O) groups excluding carboxylic acids is 1. The van der Waals surface area contributed by atoms with Gasteiger partial charge in [-0.3, -0.25) is 9.78 Å². The molecule has 0 saturated carbocycles. The van der Waals surface area contributed by atoms with E-state index in [1.807, 2.05) is 19.0 Å². The third kappa shape index (κ3) is 4.32. The molecule has 7 nitrogen and oxygen atoms in total. The van der Waals surface area contributed by atoms with E-state index in [2.05, 4.69) is 4.98 Å². The van der Waals surface area contributed by atoms with Crippen LogP contribution in [0.1, 0.15) is 27.1 Å². The van der Waals surface area contributed by atoms with Crippen LogP contribution in [0.3, 0.4) is 0 Å². The quantitative estimate of drug-likeness (QED) is 0.831. The van der Waals surface area contributed by atoms with Crippen molar-refractivity contribution in [2.24, 2.45) is 0 Å². The van der Waals surface area contributed by atoms with Crippen LogP contribution in [0, 0.1) is 0 Å². The summed E-state index contributed by atoms with van der Waals surface area (Å²) in [5.41, 5.74) is 1.09. The third-order valence-corrected chi connectivity index (χ3v) is 4.66. The SMILES string of the molecule is CN(C)C[C@]1(O)CCN(C(=O)c2ccc(-c3cc(C(=O)O)ccn3)cc2)C1. The van der Waals surface area contributed by atoms with Crippen molar-refractivity contribution in [3.05, 3.63) is 53.7 Å². The fourth-order valence-electron chi connectivity index (χ4n) is 3.44. The lowest BCUT2D eigenvalue weighted by molar-refractivity contribution is 0.0236. The lowest BCUT2D eigenvalue weighted by Gasteiger charge is -2.26. The van der Waals surface area contributed by atoms with Crippen LogP contribution in [-0.2, 0) is 0 Å². The molecule has 2 heterocycles. The molecular formula is C20H23N3O4. The third-order valence-electron chi connectivity index (χ3n) is 4.66. The zero-order valence-corrected chi connectivity index (χ0v) is 15.4. The van der Waals surface area contributed by atoms with Gasteiger partial charge in [0.05, 0.1) is 23.4 Å². The number of aliphatic hydroxyl groups is 1. The maximum Gasteiger partial charge on any atom is 0.335 e. The molecule has 1 fully saturated rings. The Morgan fingerprint density at radius 1 is 1.19 bits per heavy atom. The molecule has 0 bridgehead atoms. The number of likely N-dealkylation sites (tertiary alicyclic amines) is 1. The standard InChI is InChI=1S/C20H23N3O4/c1-22(2)12-20(27)8-10-23(13-20)18(24)15-5-3-14(4-6-15)17-11-16(19(25)26)7-9-21-17/h3-7,9,11,27H,8,10,12-13H2,1-2H3,(H,25,26)/t20-/m1/s1. The molecule has 2 N–H and O–H groups in total. The molecule has 1 aromatic carbocycles. The van der Waals surface area contributed by atoms with Gasteiger partial charge in [0.2, 0.25) is 0 Å². The van der Waals surface area contributed by atoms with Gasteiger partial charge >= 0.3 is 5.97 Å². The van der Waals surface area contributed by atoms with Gasteiger partial charge in [-0.25, -0.2) is 4.79 Å². The van der Waals surface area contributed by atoms with Crippen LogP contribution in [0.25, 0.3) is 11.3 Å². The molecule has 1 saturated heterocycles. The zero-order valence-electron chi connectivity index (χ0n) is 15.4. The molecule has 142 valence electrons. The lowest BCUT2D eigenvalue weighted by Crippen LogP contribution is -2.43. The number of carbonyl (C=O) groups is 2. The van der Waals surface area contributed by atoms with Crippen molar-refractivity contribution < 1.29 is 19.8 Å². The number of aromatic carboxylic acids is 1. The number of carboxylic acid groups (broad SMARTS) is 1. The van der Waals surface area contributed by atoms with Gasteiger partial charge in [-0.1, -0.05) is 12.1 Å². The highest BCUT2D eigenvalue weighted by Gasteiger charge is 2.38. The van der Waals surface area contributed by atoms with Crippen LogP contribution >= 0.6 is 0 Å². The average molecular weight is 369 g/mol. The van der Waals surface area contributed by atoms with E-state index < -0.39 is 11.6 Å². The van der Waals surface area contributed by atoms with Crippen LogP contribution in [0.4, 0.5) is 0 Å². The predicted octanol–water partition coefficient (Wildman–Crippen LogP) is 1.59. The molecule has 1 amide bonds. The molecule has 2 aromatic rings. The largest absolute Gasteiger partial charge is 0.478 e. The van der Waals surface area contributed by atoms with Gasteiger partial charge in [0.25, 0.3) is 5.91 Å². The van der Waals surface area contributed by atoms with Crippen molar-refractivity contribution in [3.63, 3.8) is 0 Å². The van der Waals surface area contributed by atoms with Gasteiger partial charge in [-0.15, -0.1) is 0 Å². The summed E-state index contributed by atoms with van der Waals surface area (Å²) in [7, 11) is 3.79. The van der Waals surface area contributed by atoms with Crippen LogP contribution in [0.5, 0.6) is 0 Å². The van der Waals surface area contributed by atoms with E-state index >= 15 is 0 Å². The molecule has 3 rings (SSSR count). The second-order valence-corrected chi connectivity index (χ2v) is 7.25. The van der Waals surface area contributed by atoms with Crippen molar-refractivity contribution in [3.8, 4) is 11.3 Å². The molecule has 1 aliphatic heterocycles. The van der Waals surface area contributed by atoms with Crippen LogP contribution in [0.2, 0.25) is 0 Å². The van der Waals surface area contributed by atoms with Crippen LogP contribution in [-0.4, -0.2) is 76.2 Å². The van der Waals surface area contributed by atoms with E-state index in [9.17, 15) is 14.7 Å². The number of carboxylic acids is 1. The predicted molar refractivity (Wildman–Crippen MR) is 101 cm³/mol. The topological polar surface area (TPSA) is 94.0 Å². The van der Waals surface area contributed by atoms with Crippen LogP contribution < -0.4 is 0 Å². The summed E-state index contributed by atoms with van der Waals surface area (Å²) in [6.07, 6.45) is 2.01. The fraction of sp³-hybridized carbons (Fsp3) is 0.350. The number of benzene rings is 1. The molecule has 0 aliphatic carbocycles. The Bertz CT molecular complexity index is 851. The van der Waals surface area contributed by atoms with Crippen molar-refractivity contribution in [1.82, 2.24) is 14.8 Å². The molecule has 0 spiro atoms. The maximum absolute atomic E-state index is 12.7. The lowest BCUT2D eigenvalue weighted by atomic mass is 10.0. The first-order valence-corrected chi connectivity index (χ1v) is 8.74. The number of β-amino-alcohol motifs (C(OH)–C–C–N with tert-alkyl or cyclic N) is 1. The zero-order chi connectivity index (χ0) is 19.6. The van der Waals surface area contributed by atoms with E-state index in [0.29, 0.717) is 37.3 Å². The molecule has 1 atom stereocenters. The summed E-state index contributed by atoms with van der Waals surface area (Å²) in [5.74, 6) is -1.13. The monoisotopic (exact) mass is 369 g/mol. The number of pyridine rings is 1. The van der Waals surface area contributed by atoms with E-state index in [4.69, 9.17) is 5.11 Å². The van der Waals surface area contributed by atoms with Crippen molar-refractivity contribution in [1.29, 1.82) is 0 Å². The fourth-order valence-corrected chi connectivity index (χ4v) is 3.44. The minimum absolute atomic E-state index is 0.122. The summed E-state index contributed by atoms with van der Waals surface area (Å²) >= 11 is 0. The number of likely N-dealkylation sites (N-methyl/N-ethyl adjacent to an activating group) is 1. The highest BCUT2D eigenvalue weighted by Crippen LogP contribution is 2.25. The molecule has 0 radical (unpaired) electrons. The first-order chi connectivity index (χ1) is 12.8. The number of nitrogens with zero attached hydrogens (tertiary/aromatic N) is 3. The molecular weight excluding hydrogens is 346 g/mol. The smallest absolute Gasteiger partial charge is 0.335 e. The van der Waals surface area contributed by atoms with Crippen LogP contribution in [0.15, 0.2) is 42.6 Å². The Labute approximate surface area is 157 Å². The highest BCUT2D eigenvalue weighted by molar-refractivity contribution is 5.95. The Balaban J connectivity index is 1.73. The molecule has 1 aliphatic rings. The summed E-state index contributed by atoms with van der Waals surface area (Å²) in [5, 5.41) is 19.7. The average Bonchev–Trinajstić information content (AvgIpc) is 3.02. The van der Waals surface area contributed by atoms with E-state index in [0.717, 1.165) is 5.56 Å². The molecule has 7 heteroatoms. The van der Waals surface area contributed by atoms with Crippen molar-refractivity contribution in [2.45, 2.75) is 12.0 Å². The minimum Gasteiger partial charge on any atom is -0.478 e. The Morgan fingerprint density at radius 2 is 1.89 bits per heavy atom. The Morgan fingerprint density at radius 3 is 2.52 bits per heavy atom. The van der Waals surface area contributed by atoms with Gasteiger partial charge < -0.3 is 20.0 Å². The number of amides is 1. The van der Waals surface area contributed by atoms with E-state index in [1.54, 1.807) is 29.2 Å². The first kappa shape index (κ1) is 19.0. The number of aromatic nitrogens is 1. The van der Waals surface area contributed by atoms with Gasteiger partial charge in [0.1, 0.15) is 0 Å². The van der Waals surface area contributed by atoms with Gasteiger partial charge in [0, 0.05) is 30.4 Å². The number of rotatable bonds is 5. The highest BCUT2D eigenvalue weighted by atomic mass is 16.4. The molecule has 0 unspecified atom stereocenters. The van der Waals surface area contributed by atoms with E-state index in [1.165, 1.54) is 18.3 Å². The van der Waals surface area contributed by atoms with E-state index in [-0.39, 0.29) is 11.5 Å².